The van der Waals surface area contributed by atoms with Crippen LogP contribution in [-0.4, -0.2) is 49.5 Å². The predicted octanol–water partition coefficient (Wildman–Crippen LogP) is 4.12. The summed E-state index contributed by atoms with van der Waals surface area (Å²) in [5, 5.41) is 4.89. The Hall–Kier alpha value is -3.52. The molecule has 1 aromatic carbocycles. The lowest BCUT2D eigenvalue weighted by Gasteiger charge is -2.28. The fourth-order valence-electron chi connectivity index (χ4n) is 5.69. The number of nitrogens with two attached hydrogens (primary N) is 1. The first-order chi connectivity index (χ1) is 17.1. The molecule has 1 unspecified atom stereocenters. The van der Waals surface area contributed by atoms with Crippen molar-refractivity contribution in [2.24, 2.45) is 11.7 Å². The van der Waals surface area contributed by atoms with Gasteiger partial charge >= 0.3 is 0 Å². The molecule has 4 aromatic rings. The molecule has 1 aliphatic heterocycles. The van der Waals surface area contributed by atoms with Crippen LogP contribution in [0.15, 0.2) is 48.8 Å². The fourth-order valence-corrected chi connectivity index (χ4v) is 5.69. The zero-order valence-electron chi connectivity index (χ0n) is 20.0. The van der Waals surface area contributed by atoms with Gasteiger partial charge in [0.2, 0.25) is 0 Å². The summed E-state index contributed by atoms with van der Waals surface area (Å²) in [6, 6.07) is 12.2. The Kier molecular flexibility index (Phi) is 5.60. The Bertz CT molecular complexity index is 1360. The number of ketones is 1. The summed E-state index contributed by atoms with van der Waals surface area (Å²) in [5.74, 6) is 1.79. The highest BCUT2D eigenvalue weighted by atomic mass is 16.1. The van der Waals surface area contributed by atoms with Crippen molar-refractivity contribution < 1.29 is 4.79 Å². The van der Waals surface area contributed by atoms with E-state index in [2.05, 4.69) is 27.9 Å². The zero-order valence-corrected chi connectivity index (χ0v) is 20.0. The first-order valence-electron chi connectivity index (χ1n) is 12.6. The first-order valence-corrected chi connectivity index (χ1v) is 12.6. The third-order valence-corrected chi connectivity index (χ3v) is 7.52. The van der Waals surface area contributed by atoms with E-state index < -0.39 is 0 Å². The summed E-state index contributed by atoms with van der Waals surface area (Å²) >= 11 is 0. The number of aromatic nitrogens is 5. The van der Waals surface area contributed by atoms with Crippen LogP contribution < -0.4 is 10.6 Å². The van der Waals surface area contributed by atoms with Gasteiger partial charge in [-0.05, 0) is 26.2 Å². The molecule has 1 saturated carbocycles. The van der Waals surface area contributed by atoms with Gasteiger partial charge in [0, 0.05) is 54.4 Å². The van der Waals surface area contributed by atoms with E-state index >= 15 is 0 Å². The van der Waals surface area contributed by atoms with Crippen LogP contribution in [0.4, 0.5) is 5.82 Å². The van der Waals surface area contributed by atoms with Gasteiger partial charge in [-0.3, -0.25) is 4.79 Å². The largest absolute Gasteiger partial charge is 0.355 e. The number of hydrogen-bond donors (Lipinski definition) is 2. The monoisotopic (exact) mass is 469 g/mol. The number of anilines is 1. The van der Waals surface area contributed by atoms with Gasteiger partial charge in [0.05, 0.1) is 11.9 Å². The number of carbonyl (C=O) groups excluding carboxylic acids is 1. The second-order valence-corrected chi connectivity index (χ2v) is 9.99. The molecule has 8 heteroatoms. The summed E-state index contributed by atoms with van der Waals surface area (Å²) in [5.41, 5.74) is 10.5. The zero-order chi connectivity index (χ0) is 23.9. The molecule has 0 radical (unpaired) electrons. The van der Waals surface area contributed by atoms with Gasteiger partial charge < -0.3 is 15.6 Å². The molecule has 8 nitrogen and oxygen atoms in total. The minimum atomic E-state index is -0.116. The maximum atomic E-state index is 13.6. The average molecular weight is 470 g/mol. The van der Waals surface area contributed by atoms with Gasteiger partial charge in [-0.15, -0.1) is 0 Å². The van der Waals surface area contributed by atoms with Crippen molar-refractivity contribution in [1.82, 2.24) is 24.6 Å². The van der Waals surface area contributed by atoms with E-state index in [9.17, 15) is 4.79 Å². The Morgan fingerprint density at radius 1 is 1.14 bits per heavy atom. The molecule has 3 N–H and O–H groups in total. The maximum Gasteiger partial charge on any atom is 0.184 e. The summed E-state index contributed by atoms with van der Waals surface area (Å²) in [6.45, 7) is 3.84. The third kappa shape index (κ3) is 4.12. The highest BCUT2D eigenvalue weighted by molar-refractivity contribution is 5.97. The minimum Gasteiger partial charge on any atom is -0.355 e. The van der Waals surface area contributed by atoms with Gasteiger partial charge in [-0.1, -0.05) is 43.2 Å². The minimum absolute atomic E-state index is 0.0744. The van der Waals surface area contributed by atoms with Crippen molar-refractivity contribution in [2.45, 2.75) is 51.0 Å². The molecule has 3 aromatic heterocycles. The SMILES string of the molecule is Cc1cn2nc([C@@H]3CCCCC3C(=O)c3cnc(-c4ccccc4)[nH]3)cc2nc1N1CC[C@H](N)C1. The number of nitrogens with zero attached hydrogens (tertiary/aromatic N) is 5. The summed E-state index contributed by atoms with van der Waals surface area (Å²) in [7, 11) is 0. The van der Waals surface area contributed by atoms with E-state index in [1.165, 1.54) is 0 Å². The Balaban J connectivity index is 1.29. The lowest BCUT2D eigenvalue weighted by molar-refractivity contribution is 0.0861. The normalized spacial score (nSPS) is 22.7. The van der Waals surface area contributed by atoms with Gasteiger partial charge in [0.15, 0.2) is 11.4 Å². The molecule has 4 heterocycles. The fraction of sp³-hybridized carbons (Fsp3) is 0.407. The van der Waals surface area contributed by atoms with Crippen molar-refractivity contribution in [3.63, 3.8) is 0 Å². The number of hydrogen-bond acceptors (Lipinski definition) is 6. The Labute approximate surface area is 204 Å². The van der Waals surface area contributed by atoms with E-state index in [1.807, 2.05) is 41.0 Å². The number of nitrogens with one attached hydrogen (secondary N) is 1. The lowest BCUT2D eigenvalue weighted by atomic mass is 9.75. The van der Waals surface area contributed by atoms with Gasteiger partial charge in [-0.2, -0.15) is 5.10 Å². The number of carbonyl (C=O) groups is 1. The molecule has 0 spiro atoms. The third-order valence-electron chi connectivity index (χ3n) is 7.52. The quantitative estimate of drug-likeness (QED) is 0.426. The van der Waals surface area contributed by atoms with Crippen LogP contribution in [0.1, 0.15) is 59.8 Å². The second kappa shape index (κ2) is 8.92. The van der Waals surface area contributed by atoms with Crippen molar-refractivity contribution in [1.29, 1.82) is 0 Å². The molecule has 1 saturated heterocycles. The van der Waals surface area contributed by atoms with Crippen LogP contribution in [0.2, 0.25) is 0 Å². The van der Waals surface area contributed by atoms with E-state index in [-0.39, 0.29) is 23.7 Å². The molecule has 0 amide bonds. The Morgan fingerprint density at radius 2 is 1.97 bits per heavy atom. The number of benzene rings is 1. The Morgan fingerprint density at radius 3 is 2.77 bits per heavy atom. The number of rotatable bonds is 5. The molecule has 1 aliphatic carbocycles. The van der Waals surface area contributed by atoms with Gasteiger partial charge in [0.25, 0.3) is 0 Å². The van der Waals surface area contributed by atoms with Crippen molar-refractivity contribution in [2.75, 3.05) is 18.0 Å². The smallest absolute Gasteiger partial charge is 0.184 e. The van der Waals surface area contributed by atoms with Crippen LogP contribution in [0, 0.1) is 12.8 Å². The molecule has 0 bridgehead atoms. The molecule has 180 valence electrons. The topological polar surface area (TPSA) is 105 Å². The number of aryl methyl sites for hydroxylation is 1. The number of H-pyrrole nitrogens is 1. The molecule has 2 fully saturated rings. The number of imidazole rings is 1. The van der Waals surface area contributed by atoms with E-state index in [0.717, 1.165) is 79.3 Å². The van der Waals surface area contributed by atoms with E-state index in [1.54, 1.807) is 6.20 Å². The van der Waals surface area contributed by atoms with E-state index in [4.69, 9.17) is 15.8 Å². The van der Waals surface area contributed by atoms with Gasteiger partial charge in [-0.25, -0.2) is 14.5 Å². The van der Waals surface area contributed by atoms with Crippen molar-refractivity contribution in [3.05, 3.63) is 65.7 Å². The highest BCUT2D eigenvalue weighted by Crippen LogP contribution is 2.39. The lowest BCUT2D eigenvalue weighted by Crippen LogP contribution is -2.27. The van der Waals surface area contributed by atoms with Crippen LogP contribution >= 0.6 is 0 Å². The number of Topliss-reactive ketones (excluding diaryl/α,β-unsaturated/α-hetero) is 1. The summed E-state index contributed by atoms with van der Waals surface area (Å²) in [4.78, 5) is 28.6. The van der Waals surface area contributed by atoms with Crippen LogP contribution in [0.5, 0.6) is 0 Å². The van der Waals surface area contributed by atoms with Crippen LogP contribution in [0.25, 0.3) is 17.0 Å². The molecule has 35 heavy (non-hydrogen) atoms. The standard InChI is InChI=1S/C27H31N7O/c1-17-15-34-24(31-27(17)33-12-11-19(28)16-33)13-22(32-34)20-9-5-6-10-21(20)25(35)23-14-29-26(30-23)18-7-3-2-4-8-18/h2-4,7-8,13-15,19-21H,5-6,9-12,16,28H2,1H3,(H,29,30)/t19-,20+,21?/m0/s1. The predicted molar refractivity (Wildman–Crippen MR) is 136 cm³/mol. The maximum absolute atomic E-state index is 13.6. The molecular formula is C27H31N7O. The van der Waals surface area contributed by atoms with Crippen molar-refractivity contribution in [3.8, 4) is 11.4 Å². The number of aromatic amines is 1. The van der Waals surface area contributed by atoms with Crippen LogP contribution in [-0.2, 0) is 0 Å². The summed E-state index contributed by atoms with van der Waals surface area (Å²) in [6.07, 6.45) is 8.68. The van der Waals surface area contributed by atoms with Gasteiger partial charge in [0.1, 0.15) is 17.3 Å². The highest BCUT2D eigenvalue weighted by Gasteiger charge is 2.35. The number of fused-ring (bicyclic) bond motifs is 1. The average Bonchev–Trinajstić information content (AvgIpc) is 3.63. The molecule has 2 aliphatic rings. The van der Waals surface area contributed by atoms with Crippen LogP contribution in [0.3, 0.4) is 0 Å². The second-order valence-electron chi connectivity index (χ2n) is 9.99. The molecule has 6 rings (SSSR count). The molecule has 3 atom stereocenters. The summed E-state index contributed by atoms with van der Waals surface area (Å²) < 4.78 is 1.87. The first kappa shape index (κ1) is 22.0. The molecular weight excluding hydrogens is 438 g/mol. The van der Waals surface area contributed by atoms with E-state index in [0.29, 0.717) is 5.69 Å². The van der Waals surface area contributed by atoms with Crippen molar-refractivity contribution >= 4 is 17.2 Å².